The summed E-state index contributed by atoms with van der Waals surface area (Å²) in [5, 5.41) is 12.7. The number of nitrogens with zero attached hydrogens (tertiary/aromatic N) is 1. The van der Waals surface area contributed by atoms with Crippen molar-refractivity contribution in [3.8, 4) is 5.75 Å². The van der Waals surface area contributed by atoms with E-state index in [1.165, 1.54) is 18.2 Å². The maximum absolute atomic E-state index is 12.1. The SMILES string of the molecule is CCN(CC)CCCC(C)NC(=O)c1cc(O)ccc1Cl. The van der Waals surface area contributed by atoms with Crippen molar-refractivity contribution < 1.29 is 9.90 Å². The molecule has 118 valence electrons. The number of hydrogen-bond acceptors (Lipinski definition) is 3. The van der Waals surface area contributed by atoms with Crippen LogP contribution in [0.2, 0.25) is 5.02 Å². The zero-order valence-corrected chi connectivity index (χ0v) is 13.8. The molecule has 0 aromatic heterocycles. The van der Waals surface area contributed by atoms with E-state index in [0.29, 0.717) is 10.6 Å². The fourth-order valence-electron chi connectivity index (χ4n) is 2.22. The molecule has 0 saturated heterocycles. The first-order valence-corrected chi connectivity index (χ1v) is 7.87. The smallest absolute Gasteiger partial charge is 0.253 e. The third-order valence-corrected chi connectivity index (χ3v) is 3.91. The number of benzene rings is 1. The van der Waals surface area contributed by atoms with Gasteiger partial charge in [0.15, 0.2) is 0 Å². The highest BCUT2D eigenvalue weighted by molar-refractivity contribution is 6.33. The Morgan fingerprint density at radius 2 is 2.05 bits per heavy atom. The predicted octanol–water partition coefficient (Wildman–Crippen LogP) is 3.29. The van der Waals surface area contributed by atoms with E-state index in [-0.39, 0.29) is 17.7 Å². The number of carbonyl (C=O) groups is 1. The summed E-state index contributed by atoms with van der Waals surface area (Å²) in [6.07, 6.45) is 1.95. The van der Waals surface area contributed by atoms with Gasteiger partial charge in [0.1, 0.15) is 5.75 Å². The van der Waals surface area contributed by atoms with Crippen molar-refractivity contribution in [1.29, 1.82) is 0 Å². The van der Waals surface area contributed by atoms with E-state index in [0.717, 1.165) is 32.5 Å². The zero-order valence-electron chi connectivity index (χ0n) is 13.0. The monoisotopic (exact) mass is 312 g/mol. The fourth-order valence-corrected chi connectivity index (χ4v) is 2.43. The summed E-state index contributed by atoms with van der Waals surface area (Å²) in [6, 6.07) is 4.45. The normalized spacial score (nSPS) is 12.4. The second kappa shape index (κ2) is 8.90. The maximum atomic E-state index is 12.1. The van der Waals surface area contributed by atoms with Crippen LogP contribution in [0.3, 0.4) is 0 Å². The van der Waals surface area contributed by atoms with Gasteiger partial charge < -0.3 is 15.3 Å². The Labute approximate surface area is 132 Å². The molecule has 0 heterocycles. The quantitative estimate of drug-likeness (QED) is 0.774. The number of phenols is 1. The van der Waals surface area contributed by atoms with Crippen molar-refractivity contribution in [1.82, 2.24) is 10.2 Å². The van der Waals surface area contributed by atoms with Crippen LogP contribution in [0.1, 0.15) is 44.0 Å². The molecule has 0 spiro atoms. The molecule has 0 bridgehead atoms. The standard InChI is InChI=1S/C16H25ClN2O2/c1-4-19(5-2)10-6-7-12(3)18-16(21)14-11-13(20)8-9-15(14)17/h8-9,11-12,20H,4-7,10H2,1-3H3,(H,18,21). The van der Waals surface area contributed by atoms with Gasteiger partial charge in [-0.05, 0) is 57.6 Å². The van der Waals surface area contributed by atoms with Gasteiger partial charge in [0.2, 0.25) is 0 Å². The van der Waals surface area contributed by atoms with Crippen molar-refractivity contribution in [3.05, 3.63) is 28.8 Å². The number of nitrogens with one attached hydrogen (secondary N) is 1. The Morgan fingerprint density at radius 1 is 1.38 bits per heavy atom. The first kappa shape index (κ1) is 17.8. The van der Waals surface area contributed by atoms with Gasteiger partial charge in [0.25, 0.3) is 5.91 Å². The van der Waals surface area contributed by atoms with Gasteiger partial charge in [-0.3, -0.25) is 4.79 Å². The van der Waals surface area contributed by atoms with E-state index in [9.17, 15) is 9.90 Å². The molecule has 0 aliphatic heterocycles. The number of rotatable bonds is 8. The lowest BCUT2D eigenvalue weighted by Gasteiger charge is -2.20. The van der Waals surface area contributed by atoms with E-state index < -0.39 is 0 Å². The molecule has 2 N–H and O–H groups in total. The summed E-state index contributed by atoms with van der Waals surface area (Å²) in [6.45, 7) is 9.43. The molecule has 1 amide bonds. The molecule has 0 aliphatic rings. The van der Waals surface area contributed by atoms with Gasteiger partial charge in [-0.25, -0.2) is 0 Å². The van der Waals surface area contributed by atoms with E-state index in [1.54, 1.807) is 0 Å². The fraction of sp³-hybridized carbons (Fsp3) is 0.562. The van der Waals surface area contributed by atoms with Gasteiger partial charge in [-0.1, -0.05) is 25.4 Å². The van der Waals surface area contributed by atoms with E-state index >= 15 is 0 Å². The molecule has 5 heteroatoms. The summed E-state index contributed by atoms with van der Waals surface area (Å²) in [5.41, 5.74) is 0.312. The highest BCUT2D eigenvalue weighted by atomic mass is 35.5. The average Bonchev–Trinajstić information content (AvgIpc) is 2.46. The first-order chi connectivity index (χ1) is 9.97. The van der Waals surface area contributed by atoms with Gasteiger partial charge in [0.05, 0.1) is 10.6 Å². The molecule has 1 rings (SSSR count). The van der Waals surface area contributed by atoms with Crippen LogP contribution in [0.25, 0.3) is 0 Å². The van der Waals surface area contributed by atoms with E-state index in [1.807, 2.05) is 6.92 Å². The summed E-state index contributed by atoms with van der Waals surface area (Å²) in [7, 11) is 0. The second-order valence-corrected chi connectivity index (χ2v) is 5.61. The minimum atomic E-state index is -0.244. The van der Waals surface area contributed by atoms with Crippen molar-refractivity contribution in [2.24, 2.45) is 0 Å². The molecule has 1 aromatic rings. The number of aromatic hydroxyl groups is 1. The maximum Gasteiger partial charge on any atom is 0.253 e. The lowest BCUT2D eigenvalue weighted by atomic mass is 10.1. The van der Waals surface area contributed by atoms with Crippen molar-refractivity contribution in [2.45, 2.75) is 39.7 Å². The topological polar surface area (TPSA) is 52.6 Å². The molecule has 21 heavy (non-hydrogen) atoms. The van der Waals surface area contributed by atoms with Crippen LogP contribution < -0.4 is 5.32 Å². The largest absolute Gasteiger partial charge is 0.508 e. The van der Waals surface area contributed by atoms with Crippen LogP contribution in [0.4, 0.5) is 0 Å². The van der Waals surface area contributed by atoms with Crippen LogP contribution in [0.15, 0.2) is 18.2 Å². The Kier molecular flexibility index (Phi) is 7.54. The molecule has 0 saturated carbocycles. The molecular weight excluding hydrogens is 288 g/mol. The van der Waals surface area contributed by atoms with Crippen LogP contribution in [-0.4, -0.2) is 41.6 Å². The van der Waals surface area contributed by atoms with Crippen molar-refractivity contribution in [2.75, 3.05) is 19.6 Å². The molecule has 0 radical (unpaired) electrons. The van der Waals surface area contributed by atoms with Crippen LogP contribution >= 0.6 is 11.6 Å². The molecular formula is C16H25ClN2O2. The molecule has 0 fully saturated rings. The van der Waals surface area contributed by atoms with E-state index in [4.69, 9.17) is 11.6 Å². The minimum Gasteiger partial charge on any atom is -0.508 e. The van der Waals surface area contributed by atoms with Crippen molar-refractivity contribution >= 4 is 17.5 Å². The minimum absolute atomic E-state index is 0.0405. The Hall–Kier alpha value is -1.26. The molecule has 1 atom stereocenters. The van der Waals surface area contributed by atoms with E-state index in [2.05, 4.69) is 24.1 Å². The summed E-state index contributed by atoms with van der Waals surface area (Å²) >= 11 is 5.98. The molecule has 1 unspecified atom stereocenters. The third kappa shape index (κ3) is 5.94. The first-order valence-electron chi connectivity index (χ1n) is 7.49. The summed E-state index contributed by atoms with van der Waals surface area (Å²) < 4.78 is 0. The number of hydrogen-bond donors (Lipinski definition) is 2. The van der Waals surface area contributed by atoms with Gasteiger partial charge >= 0.3 is 0 Å². The predicted molar refractivity (Wildman–Crippen MR) is 87.1 cm³/mol. The van der Waals surface area contributed by atoms with Crippen LogP contribution in [0, 0.1) is 0 Å². The lowest BCUT2D eigenvalue weighted by Crippen LogP contribution is -2.33. The Morgan fingerprint density at radius 3 is 2.67 bits per heavy atom. The van der Waals surface area contributed by atoms with Crippen LogP contribution in [0.5, 0.6) is 5.75 Å². The van der Waals surface area contributed by atoms with Crippen LogP contribution in [-0.2, 0) is 0 Å². The molecule has 4 nitrogen and oxygen atoms in total. The molecule has 1 aromatic carbocycles. The lowest BCUT2D eigenvalue weighted by molar-refractivity contribution is 0.0937. The third-order valence-electron chi connectivity index (χ3n) is 3.58. The highest BCUT2D eigenvalue weighted by Crippen LogP contribution is 2.21. The average molecular weight is 313 g/mol. The second-order valence-electron chi connectivity index (χ2n) is 5.21. The summed E-state index contributed by atoms with van der Waals surface area (Å²) in [5.74, 6) is -0.204. The number of amides is 1. The van der Waals surface area contributed by atoms with Gasteiger partial charge in [-0.2, -0.15) is 0 Å². The number of phenolic OH excluding ortho intramolecular Hbond substituents is 1. The number of halogens is 1. The highest BCUT2D eigenvalue weighted by Gasteiger charge is 2.14. The Balaban J connectivity index is 2.45. The van der Waals surface area contributed by atoms with Crippen molar-refractivity contribution in [3.63, 3.8) is 0 Å². The van der Waals surface area contributed by atoms with Gasteiger partial charge in [-0.15, -0.1) is 0 Å². The molecule has 0 aliphatic carbocycles. The summed E-state index contributed by atoms with van der Waals surface area (Å²) in [4.78, 5) is 14.5. The number of carbonyl (C=O) groups excluding carboxylic acids is 1. The van der Waals surface area contributed by atoms with Gasteiger partial charge in [0, 0.05) is 6.04 Å². The zero-order chi connectivity index (χ0) is 15.8. The Bertz CT molecular complexity index is 462.